The van der Waals surface area contributed by atoms with Crippen molar-refractivity contribution in [2.45, 2.75) is 46.3 Å². The van der Waals surface area contributed by atoms with Crippen molar-refractivity contribution in [1.29, 1.82) is 0 Å². The molecule has 2 nitrogen and oxygen atoms in total. The van der Waals surface area contributed by atoms with Gasteiger partial charge in [0.25, 0.3) is 0 Å². The number of rotatable bonds is 3. The maximum atomic E-state index is 9.14. The molecule has 0 spiro atoms. The van der Waals surface area contributed by atoms with Crippen LogP contribution in [0.1, 0.15) is 34.6 Å². The maximum Gasteiger partial charge on any atom is 0.0598 e. The maximum absolute atomic E-state index is 9.14. The molecule has 0 fully saturated rings. The van der Waals surface area contributed by atoms with Crippen LogP contribution in [-0.4, -0.2) is 23.4 Å². The Kier molecular flexibility index (Phi) is 4.04. The smallest absolute Gasteiger partial charge is 0.0598 e. The molecular weight excluding hydrogens is 140 g/mol. The quantitative estimate of drug-likeness (QED) is 0.682. The standard InChI is InChI=1S/C9H20O2/c1-7(8(2)10)6-11-9(3,4)5/h7-8,10H,6H2,1-5H3. The van der Waals surface area contributed by atoms with Gasteiger partial charge in [-0.1, -0.05) is 6.92 Å². The molecule has 0 aromatic carbocycles. The van der Waals surface area contributed by atoms with Crippen molar-refractivity contribution in [3.63, 3.8) is 0 Å². The summed E-state index contributed by atoms with van der Waals surface area (Å²) in [5.41, 5.74) is -0.0941. The van der Waals surface area contributed by atoms with Crippen LogP contribution in [0.3, 0.4) is 0 Å². The van der Waals surface area contributed by atoms with Gasteiger partial charge in [-0.25, -0.2) is 0 Å². The van der Waals surface area contributed by atoms with E-state index in [1.54, 1.807) is 6.92 Å². The molecule has 1 N–H and O–H groups in total. The minimum absolute atomic E-state index is 0.0941. The van der Waals surface area contributed by atoms with Crippen molar-refractivity contribution in [2.75, 3.05) is 6.61 Å². The molecule has 0 radical (unpaired) electrons. The second-order valence-electron chi connectivity index (χ2n) is 4.14. The molecule has 0 aromatic heterocycles. The van der Waals surface area contributed by atoms with Crippen LogP contribution in [0.25, 0.3) is 0 Å². The molecule has 0 aliphatic carbocycles. The van der Waals surface area contributed by atoms with Crippen molar-refractivity contribution >= 4 is 0 Å². The molecule has 0 saturated carbocycles. The Labute approximate surface area is 69.6 Å². The van der Waals surface area contributed by atoms with E-state index in [1.165, 1.54) is 0 Å². The lowest BCUT2D eigenvalue weighted by atomic mass is 10.1. The summed E-state index contributed by atoms with van der Waals surface area (Å²) in [7, 11) is 0. The van der Waals surface area contributed by atoms with Gasteiger partial charge in [0.15, 0.2) is 0 Å². The van der Waals surface area contributed by atoms with E-state index in [0.717, 1.165) is 0 Å². The molecule has 0 aliphatic rings. The summed E-state index contributed by atoms with van der Waals surface area (Å²) >= 11 is 0. The molecule has 0 amide bonds. The number of aliphatic hydroxyl groups is 1. The molecule has 0 aliphatic heterocycles. The van der Waals surface area contributed by atoms with E-state index in [4.69, 9.17) is 9.84 Å². The van der Waals surface area contributed by atoms with E-state index in [-0.39, 0.29) is 17.6 Å². The summed E-state index contributed by atoms with van der Waals surface area (Å²) in [5, 5.41) is 9.14. The van der Waals surface area contributed by atoms with E-state index >= 15 is 0 Å². The minimum Gasteiger partial charge on any atom is -0.393 e. The molecular formula is C9H20O2. The highest BCUT2D eigenvalue weighted by Crippen LogP contribution is 2.11. The van der Waals surface area contributed by atoms with Crippen LogP contribution in [0, 0.1) is 5.92 Å². The van der Waals surface area contributed by atoms with Gasteiger partial charge in [-0.3, -0.25) is 0 Å². The van der Waals surface area contributed by atoms with Gasteiger partial charge in [-0.15, -0.1) is 0 Å². The molecule has 0 saturated heterocycles. The molecule has 2 unspecified atom stereocenters. The van der Waals surface area contributed by atoms with E-state index in [0.29, 0.717) is 6.61 Å². The Morgan fingerprint density at radius 1 is 1.27 bits per heavy atom. The summed E-state index contributed by atoms with van der Waals surface area (Å²) in [6.07, 6.45) is -0.280. The summed E-state index contributed by atoms with van der Waals surface area (Å²) in [6, 6.07) is 0. The van der Waals surface area contributed by atoms with Gasteiger partial charge in [0.05, 0.1) is 18.3 Å². The fourth-order valence-corrected chi connectivity index (χ4v) is 0.521. The summed E-state index contributed by atoms with van der Waals surface area (Å²) < 4.78 is 5.49. The zero-order valence-electron chi connectivity index (χ0n) is 8.22. The minimum atomic E-state index is -0.280. The van der Waals surface area contributed by atoms with Gasteiger partial charge >= 0.3 is 0 Å². The SMILES string of the molecule is CC(O)C(C)COC(C)(C)C. The third-order valence-electron chi connectivity index (χ3n) is 1.60. The third-order valence-corrected chi connectivity index (χ3v) is 1.60. The molecule has 2 heteroatoms. The number of hydrogen-bond acceptors (Lipinski definition) is 2. The summed E-state index contributed by atoms with van der Waals surface area (Å²) in [5.74, 6) is 0.217. The van der Waals surface area contributed by atoms with Crippen molar-refractivity contribution in [3.8, 4) is 0 Å². The monoisotopic (exact) mass is 160 g/mol. The van der Waals surface area contributed by atoms with Gasteiger partial charge in [0.2, 0.25) is 0 Å². The Morgan fingerprint density at radius 3 is 2.00 bits per heavy atom. The molecule has 2 atom stereocenters. The predicted octanol–water partition coefficient (Wildman–Crippen LogP) is 1.82. The van der Waals surface area contributed by atoms with Crippen LogP contribution < -0.4 is 0 Å². The first-order valence-corrected chi connectivity index (χ1v) is 4.15. The van der Waals surface area contributed by atoms with Gasteiger partial charge in [0.1, 0.15) is 0 Å². The molecule has 0 aromatic rings. The van der Waals surface area contributed by atoms with Crippen molar-refractivity contribution in [3.05, 3.63) is 0 Å². The van der Waals surface area contributed by atoms with Crippen molar-refractivity contribution in [2.24, 2.45) is 5.92 Å². The lowest BCUT2D eigenvalue weighted by molar-refractivity contribution is -0.0402. The summed E-state index contributed by atoms with van der Waals surface area (Å²) in [4.78, 5) is 0. The van der Waals surface area contributed by atoms with Crippen LogP contribution >= 0.6 is 0 Å². The molecule has 0 heterocycles. The zero-order chi connectivity index (χ0) is 9.07. The fourth-order valence-electron chi connectivity index (χ4n) is 0.521. The Hall–Kier alpha value is -0.0800. The van der Waals surface area contributed by atoms with Crippen LogP contribution in [0.15, 0.2) is 0 Å². The van der Waals surface area contributed by atoms with Crippen LogP contribution in [-0.2, 0) is 4.74 Å². The lowest BCUT2D eigenvalue weighted by Crippen LogP contribution is -2.26. The van der Waals surface area contributed by atoms with Gasteiger partial charge < -0.3 is 9.84 Å². The summed E-state index contributed by atoms with van der Waals surface area (Å²) in [6.45, 7) is 10.4. The second kappa shape index (κ2) is 4.07. The topological polar surface area (TPSA) is 29.5 Å². The number of aliphatic hydroxyl groups excluding tert-OH is 1. The number of ether oxygens (including phenoxy) is 1. The van der Waals surface area contributed by atoms with E-state index in [9.17, 15) is 0 Å². The fraction of sp³-hybridized carbons (Fsp3) is 1.00. The first-order chi connectivity index (χ1) is 4.83. The van der Waals surface area contributed by atoms with Gasteiger partial charge in [-0.2, -0.15) is 0 Å². The van der Waals surface area contributed by atoms with Crippen LogP contribution in [0.4, 0.5) is 0 Å². The second-order valence-corrected chi connectivity index (χ2v) is 4.14. The van der Waals surface area contributed by atoms with E-state index in [1.807, 2.05) is 27.7 Å². The van der Waals surface area contributed by atoms with Gasteiger partial charge in [-0.05, 0) is 27.7 Å². The van der Waals surface area contributed by atoms with Crippen LogP contribution in [0.5, 0.6) is 0 Å². The van der Waals surface area contributed by atoms with Gasteiger partial charge in [0, 0.05) is 5.92 Å². The van der Waals surface area contributed by atoms with Crippen molar-refractivity contribution < 1.29 is 9.84 Å². The van der Waals surface area contributed by atoms with E-state index < -0.39 is 0 Å². The molecule has 11 heavy (non-hydrogen) atoms. The third kappa shape index (κ3) is 6.32. The molecule has 0 bridgehead atoms. The first kappa shape index (κ1) is 10.9. The molecule has 0 rings (SSSR count). The Bertz CT molecular complexity index is 103. The average Bonchev–Trinajstić information content (AvgIpc) is 1.80. The normalized spacial score (nSPS) is 18.0. The molecule has 68 valence electrons. The lowest BCUT2D eigenvalue weighted by Gasteiger charge is -2.23. The van der Waals surface area contributed by atoms with Crippen molar-refractivity contribution in [1.82, 2.24) is 0 Å². The van der Waals surface area contributed by atoms with Crippen LogP contribution in [0.2, 0.25) is 0 Å². The average molecular weight is 160 g/mol. The Balaban J connectivity index is 3.54. The Morgan fingerprint density at radius 2 is 1.73 bits per heavy atom. The zero-order valence-corrected chi connectivity index (χ0v) is 8.22. The first-order valence-electron chi connectivity index (χ1n) is 4.15. The van der Waals surface area contributed by atoms with E-state index in [2.05, 4.69) is 0 Å². The highest BCUT2D eigenvalue weighted by molar-refractivity contribution is 4.63. The number of hydrogen-bond donors (Lipinski definition) is 1. The highest BCUT2D eigenvalue weighted by Gasteiger charge is 2.14. The predicted molar refractivity (Wildman–Crippen MR) is 46.5 cm³/mol. The largest absolute Gasteiger partial charge is 0.393 e. The highest BCUT2D eigenvalue weighted by atomic mass is 16.5.